The molecule has 0 saturated heterocycles. The summed E-state index contributed by atoms with van der Waals surface area (Å²) in [6.45, 7) is 14.2. The van der Waals surface area contributed by atoms with E-state index < -0.39 is 8.07 Å². The molecule has 0 aromatic heterocycles. The van der Waals surface area contributed by atoms with Crippen molar-refractivity contribution in [2.75, 3.05) is 0 Å². The summed E-state index contributed by atoms with van der Waals surface area (Å²) in [5, 5.41) is 9.05. The molecule has 0 spiro atoms. The van der Waals surface area contributed by atoms with Crippen LogP contribution >= 0.6 is 0 Å². The minimum absolute atomic E-state index is 0. The van der Waals surface area contributed by atoms with E-state index in [9.17, 15) is 0 Å². The zero-order chi connectivity index (χ0) is 17.9. The van der Waals surface area contributed by atoms with Gasteiger partial charge in [0.1, 0.15) is 0 Å². The number of benzene rings is 2. The summed E-state index contributed by atoms with van der Waals surface area (Å²) < 4.78 is 0. The molecule has 0 aliphatic heterocycles. The van der Waals surface area contributed by atoms with Crippen molar-refractivity contribution in [2.24, 2.45) is 0 Å². The number of hydrogen-bond donors (Lipinski definition) is 0. The van der Waals surface area contributed by atoms with Crippen molar-refractivity contribution in [3.05, 3.63) is 85.6 Å². The Balaban J connectivity index is 0.00000131. The zero-order valence-electron chi connectivity index (χ0n) is 18.6. The van der Waals surface area contributed by atoms with Gasteiger partial charge < -0.3 is 14.9 Å². The largest absolute Gasteiger partial charge is 4.00 e. The minimum Gasteiger partial charge on any atom is -0.358 e. The molecule has 0 fully saturated rings. The van der Waals surface area contributed by atoms with E-state index in [0.29, 0.717) is 0 Å². The predicted molar refractivity (Wildman–Crippen MR) is 128 cm³/mol. The summed E-state index contributed by atoms with van der Waals surface area (Å²) in [7, 11) is -1.83. The molecule has 0 radical (unpaired) electrons. The van der Waals surface area contributed by atoms with Crippen LogP contribution in [0.2, 0.25) is 13.1 Å². The fraction of sp³-hybridized carbons (Fsp3) is 0.231. The molecular weight excluding hydrogens is 432 g/mol. The third kappa shape index (κ3) is 3.55. The molecule has 28 heavy (non-hydrogen) atoms. The Morgan fingerprint density at radius 2 is 1.00 bits per heavy atom. The van der Waals surface area contributed by atoms with E-state index >= 15 is 0 Å². The molecule has 0 unspecified atom stereocenters. The molecule has 144 valence electrons. The summed E-state index contributed by atoms with van der Waals surface area (Å²) in [5.41, 5.74) is 5.74. The van der Waals surface area contributed by atoms with Crippen LogP contribution in [-0.2, 0) is 26.2 Å². The van der Waals surface area contributed by atoms with E-state index in [0.717, 1.165) is 0 Å². The first-order valence-electron chi connectivity index (χ1n) is 9.14. The third-order valence-corrected chi connectivity index (χ3v) is 9.68. The smallest absolute Gasteiger partial charge is 0.358 e. The van der Waals surface area contributed by atoms with E-state index in [2.05, 4.69) is 89.3 Å². The first-order chi connectivity index (χ1) is 11.8. The Hall–Kier alpha value is -1.24. The van der Waals surface area contributed by atoms with Crippen molar-refractivity contribution in [3.63, 3.8) is 0 Å². The molecule has 0 atom stereocenters. The Labute approximate surface area is 191 Å². The van der Waals surface area contributed by atoms with Crippen molar-refractivity contribution in [3.8, 4) is 0 Å². The standard InChI is InChI=1S/C24H26Si.2CH3.Zr/c1-15-9-7-11-19-13-17(3)23(21(15)19)25(5,6)24-18(4)14-20-12-8-10-16(2)22(20)24;;;/h7-14H,1-6H3;2*1H3;/q-2;2*-1;+4. The van der Waals surface area contributed by atoms with Crippen LogP contribution in [0.5, 0.6) is 0 Å². The van der Waals surface area contributed by atoms with Crippen molar-refractivity contribution in [1.29, 1.82) is 0 Å². The van der Waals surface area contributed by atoms with Crippen molar-refractivity contribution >= 4 is 40.0 Å². The van der Waals surface area contributed by atoms with Crippen LogP contribution in [0.4, 0.5) is 0 Å². The van der Waals surface area contributed by atoms with E-state index in [1.54, 1.807) is 10.4 Å². The molecular formula is C26H32SiZr. The number of hydrogen-bond acceptors (Lipinski definition) is 0. The molecule has 4 rings (SSSR count). The predicted octanol–water partition coefficient (Wildman–Crippen LogP) is 6.39. The summed E-state index contributed by atoms with van der Waals surface area (Å²) in [6.07, 6.45) is 0. The van der Waals surface area contributed by atoms with Crippen molar-refractivity contribution < 1.29 is 26.2 Å². The van der Waals surface area contributed by atoms with Crippen molar-refractivity contribution in [1.82, 2.24) is 0 Å². The third-order valence-electron chi connectivity index (χ3n) is 5.89. The molecule has 0 bridgehead atoms. The molecule has 4 aromatic rings. The monoisotopic (exact) mass is 462 g/mol. The molecule has 0 heterocycles. The SMILES string of the molecule is Cc1[cH-]c2cccc(C)c2c1[Si](C)(C)c1c(C)[cH-]c2cccc(C)c12.[CH3-].[CH3-].[Zr+4]. The second kappa shape index (κ2) is 8.64. The average Bonchev–Trinajstić information content (AvgIpc) is 3.05. The van der Waals surface area contributed by atoms with E-state index in [-0.39, 0.29) is 41.1 Å². The maximum absolute atomic E-state index is 2.54. The summed E-state index contributed by atoms with van der Waals surface area (Å²) in [4.78, 5) is 0. The van der Waals surface area contributed by atoms with E-state index in [4.69, 9.17) is 0 Å². The van der Waals surface area contributed by atoms with Gasteiger partial charge in [0.05, 0.1) is 0 Å². The maximum atomic E-state index is 2.54. The number of fused-ring (bicyclic) bond motifs is 2. The van der Waals surface area contributed by atoms with Gasteiger partial charge in [-0.05, 0) is 13.8 Å². The molecule has 4 aromatic carbocycles. The Morgan fingerprint density at radius 3 is 1.36 bits per heavy atom. The Morgan fingerprint density at radius 1 is 0.643 bits per heavy atom. The number of rotatable bonds is 2. The first-order valence-corrected chi connectivity index (χ1v) is 12.1. The first kappa shape index (κ1) is 24.8. The van der Waals surface area contributed by atoms with Gasteiger partial charge in [-0.15, -0.1) is 69.1 Å². The summed E-state index contributed by atoms with van der Waals surface area (Å²) in [6, 6.07) is 18.2. The van der Waals surface area contributed by atoms with Crippen LogP contribution in [0, 0.1) is 42.5 Å². The Bertz CT molecular complexity index is 1020. The minimum atomic E-state index is -1.83. The van der Waals surface area contributed by atoms with Gasteiger partial charge in [-0.3, -0.25) is 0 Å². The van der Waals surface area contributed by atoms with Gasteiger partial charge in [0.15, 0.2) is 0 Å². The fourth-order valence-electron chi connectivity index (χ4n) is 5.05. The van der Waals surface area contributed by atoms with E-state index in [1.807, 2.05) is 0 Å². The second-order valence-corrected chi connectivity index (χ2v) is 12.4. The van der Waals surface area contributed by atoms with Gasteiger partial charge in [-0.25, -0.2) is 0 Å². The van der Waals surface area contributed by atoms with Crippen LogP contribution in [0.15, 0.2) is 48.5 Å². The molecule has 0 aliphatic rings. The van der Waals surface area contributed by atoms with Gasteiger partial charge in [-0.2, -0.15) is 10.4 Å². The normalized spacial score (nSPS) is 11.1. The van der Waals surface area contributed by atoms with E-state index in [1.165, 1.54) is 43.8 Å². The van der Waals surface area contributed by atoms with Crippen LogP contribution in [0.1, 0.15) is 22.3 Å². The van der Waals surface area contributed by atoms with Gasteiger partial charge in [0, 0.05) is 8.07 Å². The quantitative estimate of drug-likeness (QED) is 0.239. The van der Waals surface area contributed by atoms with Gasteiger partial charge in [-0.1, -0.05) is 50.2 Å². The van der Waals surface area contributed by atoms with Crippen LogP contribution in [0.25, 0.3) is 21.5 Å². The molecule has 2 heteroatoms. The van der Waals surface area contributed by atoms with Crippen molar-refractivity contribution in [2.45, 2.75) is 40.8 Å². The second-order valence-electron chi connectivity index (χ2n) is 8.11. The van der Waals surface area contributed by atoms with Crippen LogP contribution in [-0.4, -0.2) is 8.07 Å². The summed E-state index contributed by atoms with van der Waals surface area (Å²) >= 11 is 0. The molecule has 0 amide bonds. The Kier molecular flexibility index (Phi) is 7.65. The topological polar surface area (TPSA) is 0 Å². The van der Waals surface area contributed by atoms with Crippen LogP contribution < -0.4 is 10.4 Å². The fourth-order valence-corrected chi connectivity index (χ4v) is 9.34. The average molecular weight is 464 g/mol. The summed E-state index contributed by atoms with van der Waals surface area (Å²) in [5.74, 6) is 0. The molecule has 0 N–H and O–H groups in total. The maximum Gasteiger partial charge on any atom is 4.00 e. The molecule has 0 aliphatic carbocycles. The number of aryl methyl sites for hydroxylation is 4. The van der Waals surface area contributed by atoms with Gasteiger partial charge >= 0.3 is 26.2 Å². The zero-order valence-corrected chi connectivity index (χ0v) is 22.1. The van der Waals surface area contributed by atoms with Crippen LogP contribution in [0.3, 0.4) is 0 Å². The van der Waals surface area contributed by atoms with Gasteiger partial charge in [0.2, 0.25) is 0 Å². The molecule has 0 nitrogen and oxygen atoms in total. The van der Waals surface area contributed by atoms with Gasteiger partial charge in [0.25, 0.3) is 0 Å². The molecule has 0 saturated carbocycles.